The lowest BCUT2D eigenvalue weighted by molar-refractivity contribution is -0.870. The van der Waals surface area contributed by atoms with E-state index in [4.69, 9.17) is 18.5 Å². The van der Waals surface area contributed by atoms with Crippen LogP contribution in [0.2, 0.25) is 0 Å². The quantitative estimate of drug-likeness (QED) is 0.0195. The topological polar surface area (TPSA) is 111 Å². The van der Waals surface area contributed by atoms with Crippen LogP contribution >= 0.6 is 7.82 Å². The van der Waals surface area contributed by atoms with Crippen LogP contribution in [0.3, 0.4) is 0 Å². The number of phosphoric ester groups is 1. The molecule has 0 fully saturated rings. The molecule has 0 heterocycles. The zero-order valence-electron chi connectivity index (χ0n) is 66.4. The second-order valence-electron chi connectivity index (χ2n) is 29.8. The van der Waals surface area contributed by atoms with Crippen molar-refractivity contribution in [2.75, 3.05) is 47.5 Å². The van der Waals surface area contributed by atoms with E-state index in [1.807, 2.05) is 21.1 Å². The molecule has 0 aromatic rings. The molecule has 0 aliphatic rings. The van der Waals surface area contributed by atoms with Crippen molar-refractivity contribution in [3.05, 3.63) is 109 Å². The highest BCUT2D eigenvalue weighted by Gasteiger charge is 2.22. The zero-order chi connectivity index (χ0) is 72.5. The number of unbranched alkanes of at least 4 members (excludes halogenated alkanes) is 47. The predicted molar refractivity (Wildman–Crippen MR) is 434 cm³/mol. The van der Waals surface area contributed by atoms with E-state index in [9.17, 15) is 19.0 Å². The highest BCUT2D eigenvalue weighted by Crippen LogP contribution is 2.38. The minimum atomic E-state index is -4.65. The number of hydrogen-bond donors (Lipinski definition) is 0. The third-order valence-corrected chi connectivity index (χ3v) is 19.7. The van der Waals surface area contributed by atoms with Crippen LogP contribution < -0.4 is 4.89 Å². The molecule has 0 aromatic carbocycles. The summed E-state index contributed by atoms with van der Waals surface area (Å²) in [5.41, 5.74) is 0. The first-order valence-electron chi connectivity index (χ1n) is 42.6. The zero-order valence-corrected chi connectivity index (χ0v) is 67.3. The van der Waals surface area contributed by atoms with E-state index < -0.39 is 26.5 Å². The Kier molecular flexibility index (Phi) is 77.1. The summed E-state index contributed by atoms with van der Waals surface area (Å²) >= 11 is 0. The molecule has 2 unspecified atom stereocenters. The Morgan fingerprint density at radius 3 is 0.860 bits per heavy atom. The number of allylic oxidation sites excluding steroid dienone is 18. The molecule has 0 bridgehead atoms. The van der Waals surface area contributed by atoms with Gasteiger partial charge in [0.15, 0.2) is 6.10 Å². The number of esters is 2. The van der Waals surface area contributed by atoms with Crippen LogP contribution in [0.4, 0.5) is 0 Å². The summed E-state index contributed by atoms with van der Waals surface area (Å²) < 4.78 is 34.4. The van der Waals surface area contributed by atoms with Crippen molar-refractivity contribution in [3.8, 4) is 0 Å². The molecule has 9 nitrogen and oxygen atoms in total. The van der Waals surface area contributed by atoms with E-state index >= 15 is 0 Å². The highest BCUT2D eigenvalue weighted by atomic mass is 31.2. The van der Waals surface area contributed by atoms with Crippen molar-refractivity contribution in [1.29, 1.82) is 0 Å². The van der Waals surface area contributed by atoms with E-state index in [1.54, 1.807) is 0 Å². The molecule has 10 heteroatoms. The van der Waals surface area contributed by atoms with E-state index in [0.717, 1.165) is 96.3 Å². The minimum Gasteiger partial charge on any atom is -0.756 e. The summed E-state index contributed by atoms with van der Waals surface area (Å²) in [5.74, 6) is -0.826. The fourth-order valence-corrected chi connectivity index (χ4v) is 13.0. The highest BCUT2D eigenvalue weighted by molar-refractivity contribution is 7.45. The van der Waals surface area contributed by atoms with Gasteiger partial charge in [-0.25, -0.2) is 0 Å². The average molecular weight is 1420 g/mol. The SMILES string of the molecule is CC/C=C\C/C=C\C/C=C\C/C=C\C/C=C\C/C=C\C/C=C\C/C=C\CCCCCCCCCCCCC(=O)OC(COC(=O)CCCCCCCCCCCCCCCCCCCCCCCCCCCCCCC/C=C\CCCCCCCCCC)COP(=O)([O-])OCC[N+](C)(C)C. The first-order valence-corrected chi connectivity index (χ1v) is 44.1. The van der Waals surface area contributed by atoms with Gasteiger partial charge in [-0.3, -0.25) is 14.2 Å². The Hall–Kier alpha value is -3.33. The molecule has 580 valence electrons. The molecular weight excluding hydrogens is 1250 g/mol. The molecule has 100 heavy (non-hydrogen) atoms. The fraction of sp³-hybridized carbons (Fsp3) is 0.778. The molecule has 0 radical (unpaired) electrons. The molecule has 0 amide bonds. The second-order valence-corrected chi connectivity index (χ2v) is 31.2. The molecule has 2 atom stereocenters. The number of phosphoric acid groups is 1. The summed E-state index contributed by atoms with van der Waals surface area (Å²) in [5, 5.41) is 0. The molecule has 0 rings (SSSR count). The molecule has 0 saturated carbocycles. The van der Waals surface area contributed by atoms with E-state index in [0.29, 0.717) is 17.4 Å². The number of carbonyl (C=O) groups is 2. The summed E-state index contributed by atoms with van der Waals surface area (Å²) in [6.45, 7) is 4.17. The number of nitrogens with zero attached hydrogens (tertiary/aromatic N) is 1. The van der Waals surface area contributed by atoms with Gasteiger partial charge in [-0.1, -0.05) is 393 Å². The molecule has 0 saturated heterocycles. The number of quaternary nitrogens is 1. The van der Waals surface area contributed by atoms with E-state index in [2.05, 4.69) is 123 Å². The molecular formula is C90H162NO8P. The lowest BCUT2D eigenvalue weighted by Crippen LogP contribution is -2.37. The predicted octanol–water partition coefficient (Wildman–Crippen LogP) is 28.1. The van der Waals surface area contributed by atoms with Crippen LogP contribution in [-0.2, 0) is 32.7 Å². The normalized spacial score (nSPS) is 13.5. The van der Waals surface area contributed by atoms with Crippen LogP contribution in [0.5, 0.6) is 0 Å². The van der Waals surface area contributed by atoms with Gasteiger partial charge in [0, 0.05) is 12.8 Å². The largest absolute Gasteiger partial charge is 0.756 e. The molecule has 0 aliphatic heterocycles. The summed E-state index contributed by atoms with van der Waals surface area (Å²) in [6.07, 6.45) is 114. The van der Waals surface area contributed by atoms with Gasteiger partial charge < -0.3 is 27.9 Å². The van der Waals surface area contributed by atoms with Gasteiger partial charge in [0.2, 0.25) is 0 Å². The van der Waals surface area contributed by atoms with E-state index in [-0.39, 0.29) is 32.0 Å². The number of rotatable bonds is 79. The number of ether oxygens (including phenoxy) is 2. The fourth-order valence-electron chi connectivity index (χ4n) is 12.3. The Balaban J connectivity index is 3.93. The number of hydrogen-bond acceptors (Lipinski definition) is 8. The van der Waals surface area contributed by atoms with E-state index in [1.165, 1.54) is 270 Å². The lowest BCUT2D eigenvalue weighted by atomic mass is 10.0. The van der Waals surface area contributed by atoms with Crippen LogP contribution in [0, 0.1) is 0 Å². The maximum atomic E-state index is 12.9. The molecule has 0 aliphatic carbocycles. The summed E-state index contributed by atoms with van der Waals surface area (Å²) in [6, 6.07) is 0. The maximum Gasteiger partial charge on any atom is 0.306 e. The smallest absolute Gasteiger partial charge is 0.306 e. The Morgan fingerprint density at radius 2 is 0.570 bits per heavy atom. The van der Waals surface area contributed by atoms with Crippen molar-refractivity contribution in [1.82, 2.24) is 0 Å². The first kappa shape index (κ1) is 96.7. The van der Waals surface area contributed by atoms with Gasteiger partial charge in [-0.2, -0.15) is 0 Å². The van der Waals surface area contributed by atoms with Crippen molar-refractivity contribution < 1.29 is 42.1 Å². The van der Waals surface area contributed by atoms with Gasteiger partial charge in [0.1, 0.15) is 19.8 Å². The third-order valence-electron chi connectivity index (χ3n) is 18.8. The average Bonchev–Trinajstić information content (AvgIpc) is 1.65. The van der Waals surface area contributed by atoms with Crippen molar-refractivity contribution in [2.45, 2.75) is 405 Å². The van der Waals surface area contributed by atoms with Crippen LogP contribution in [0.1, 0.15) is 399 Å². The summed E-state index contributed by atoms with van der Waals surface area (Å²) in [4.78, 5) is 38.2. The lowest BCUT2D eigenvalue weighted by Gasteiger charge is -2.28. The first-order chi connectivity index (χ1) is 49.0. The number of likely N-dealkylation sites (N-methyl/N-ethyl adjacent to an activating group) is 1. The molecule has 0 aromatic heterocycles. The Bertz CT molecular complexity index is 2060. The minimum absolute atomic E-state index is 0.0342. The van der Waals surface area contributed by atoms with Crippen molar-refractivity contribution >= 4 is 19.8 Å². The molecule has 0 spiro atoms. The standard InChI is InChI=1S/C90H162NO8P/c1-6-8-10-12-14-16-18-20-22-24-26-28-30-32-34-36-38-40-42-43-44-45-46-47-49-50-52-54-56-58-60-62-64-66-68-70-72-74-76-78-80-82-89(92)96-86-88(87-98-100(94,95)97-85-84-91(3,4)5)99-90(93)83-81-79-77-75-73-71-69-67-65-63-61-59-57-55-53-51-48-41-39-37-35-33-31-29-27-25-23-21-19-17-15-13-11-9-7-2/h9,11,15,17,21,23-24,26-27,29,33,35,39,41,51,53,57,59,88H,6-8,10,12-14,16,18-20,22,25,28,30-32,34,36-38,40,42-50,52,54-56,58,60-87H2,1-5H3/b11-9-,17-15-,23-21-,26-24-,29-27-,35-33-,41-39-,53-51-,59-57-. The third kappa shape index (κ3) is 83.6. The van der Waals surface area contributed by atoms with Gasteiger partial charge >= 0.3 is 11.9 Å². The second kappa shape index (κ2) is 79.8. The van der Waals surface area contributed by atoms with Crippen molar-refractivity contribution in [3.63, 3.8) is 0 Å². The van der Waals surface area contributed by atoms with Gasteiger partial charge in [0.25, 0.3) is 7.82 Å². The maximum absolute atomic E-state index is 12.9. The van der Waals surface area contributed by atoms with Crippen LogP contribution in [0.25, 0.3) is 0 Å². The molecule has 0 N–H and O–H groups in total. The Labute approximate surface area is 620 Å². The van der Waals surface area contributed by atoms with Gasteiger partial charge in [-0.15, -0.1) is 0 Å². The van der Waals surface area contributed by atoms with Crippen LogP contribution in [-0.4, -0.2) is 70.0 Å². The van der Waals surface area contributed by atoms with Crippen LogP contribution in [0.15, 0.2) is 109 Å². The summed E-state index contributed by atoms with van der Waals surface area (Å²) in [7, 11) is 1.17. The monoisotopic (exact) mass is 1420 g/mol. The van der Waals surface area contributed by atoms with Crippen molar-refractivity contribution in [2.24, 2.45) is 0 Å². The number of carbonyl (C=O) groups excluding carboxylic acids is 2. The van der Waals surface area contributed by atoms with Gasteiger partial charge in [0.05, 0.1) is 27.7 Å². The Morgan fingerprint density at radius 1 is 0.320 bits per heavy atom. The van der Waals surface area contributed by atoms with Gasteiger partial charge in [-0.05, 0) is 103 Å².